The number of halogens is 1. The van der Waals surface area contributed by atoms with E-state index in [1.807, 2.05) is 54.8 Å². The minimum atomic E-state index is -0.362. The molecular formula is C23H25ClN6O2. The summed E-state index contributed by atoms with van der Waals surface area (Å²) in [5.41, 5.74) is 3.77. The van der Waals surface area contributed by atoms with E-state index in [0.29, 0.717) is 37.6 Å². The molecule has 0 bridgehead atoms. The van der Waals surface area contributed by atoms with Crippen molar-refractivity contribution in [3.8, 4) is 5.69 Å². The van der Waals surface area contributed by atoms with E-state index in [2.05, 4.69) is 10.2 Å². The van der Waals surface area contributed by atoms with Crippen molar-refractivity contribution in [2.75, 3.05) is 31.1 Å². The van der Waals surface area contributed by atoms with Crippen molar-refractivity contribution in [2.45, 2.75) is 13.8 Å². The SMILES string of the molecule is Cc1nn(C)c(C)c1/C=C/C(=O)N1CCN(c2cnn(-c3ccccc3)c(=O)c2Cl)CC1. The zero-order chi connectivity index (χ0) is 22.8. The molecule has 1 saturated heterocycles. The lowest BCUT2D eigenvalue weighted by Crippen LogP contribution is -2.48. The van der Waals surface area contributed by atoms with Crippen LogP contribution in [0.5, 0.6) is 0 Å². The molecule has 9 heteroatoms. The minimum absolute atomic E-state index is 0.0454. The summed E-state index contributed by atoms with van der Waals surface area (Å²) in [6.45, 7) is 6.12. The number of rotatable bonds is 4. The third kappa shape index (κ3) is 4.18. The van der Waals surface area contributed by atoms with Crippen LogP contribution in [0.2, 0.25) is 5.02 Å². The maximum absolute atomic E-state index is 12.7. The van der Waals surface area contributed by atoms with Gasteiger partial charge in [-0.2, -0.15) is 14.9 Å². The Morgan fingerprint density at radius 1 is 1.09 bits per heavy atom. The highest BCUT2D eigenvalue weighted by Crippen LogP contribution is 2.23. The van der Waals surface area contributed by atoms with E-state index in [4.69, 9.17) is 11.6 Å². The number of benzene rings is 1. The normalized spacial score (nSPS) is 14.4. The van der Waals surface area contributed by atoms with Gasteiger partial charge in [-0.05, 0) is 32.1 Å². The number of carbonyl (C=O) groups excluding carboxylic acids is 1. The fourth-order valence-corrected chi connectivity index (χ4v) is 4.10. The van der Waals surface area contributed by atoms with Gasteiger partial charge in [0.05, 0.1) is 23.3 Å². The molecule has 3 aromatic rings. The first-order chi connectivity index (χ1) is 15.4. The lowest BCUT2D eigenvalue weighted by atomic mass is 10.2. The Morgan fingerprint density at radius 3 is 2.41 bits per heavy atom. The maximum atomic E-state index is 12.7. The standard InChI is InChI=1S/C23H25ClN6O2/c1-16-19(17(2)27(3)26-16)9-10-21(31)29-13-11-28(12-14-29)20-15-25-30(23(32)22(20)24)18-7-5-4-6-8-18/h4-10,15H,11-14H2,1-3H3/b10-9+. The van der Waals surface area contributed by atoms with Crippen LogP contribution in [-0.4, -0.2) is 56.5 Å². The van der Waals surface area contributed by atoms with Crippen molar-refractivity contribution in [3.63, 3.8) is 0 Å². The average molecular weight is 453 g/mol. The monoisotopic (exact) mass is 452 g/mol. The molecule has 1 amide bonds. The summed E-state index contributed by atoms with van der Waals surface area (Å²) in [4.78, 5) is 29.2. The molecule has 8 nitrogen and oxygen atoms in total. The number of para-hydroxylation sites is 1. The first-order valence-corrected chi connectivity index (χ1v) is 10.8. The highest BCUT2D eigenvalue weighted by Gasteiger charge is 2.23. The number of nitrogens with zero attached hydrogens (tertiary/aromatic N) is 6. The molecular weight excluding hydrogens is 428 g/mol. The number of carbonyl (C=O) groups is 1. The molecule has 0 N–H and O–H groups in total. The Kier molecular flexibility index (Phi) is 6.14. The van der Waals surface area contributed by atoms with Crippen LogP contribution < -0.4 is 10.5 Å². The summed E-state index contributed by atoms with van der Waals surface area (Å²) in [5, 5.41) is 8.80. The van der Waals surface area contributed by atoms with Gasteiger partial charge >= 0.3 is 0 Å². The van der Waals surface area contributed by atoms with Crippen molar-refractivity contribution in [1.29, 1.82) is 0 Å². The van der Waals surface area contributed by atoms with E-state index in [1.54, 1.807) is 29.3 Å². The molecule has 0 spiro atoms. The first kappa shape index (κ1) is 21.8. The lowest BCUT2D eigenvalue weighted by Gasteiger charge is -2.35. The molecule has 0 unspecified atom stereocenters. The summed E-state index contributed by atoms with van der Waals surface area (Å²) < 4.78 is 3.10. The van der Waals surface area contributed by atoms with E-state index < -0.39 is 0 Å². The number of hydrogen-bond donors (Lipinski definition) is 0. The zero-order valence-corrected chi connectivity index (χ0v) is 19.1. The fourth-order valence-electron chi connectivity index (χ4n) is 3.86. The molecule has 0 aliphatic carbocycles. The topological polar surface area (TPSA) is 76.3 Å². The maximum Gasteiger partial charge on any atom is 0.292 e. The van der Waals surface area contributed by atoms with E-state index in [1.165, 1.54) is 4.68 Å². The lowest BCUT2D eigenvalue weighted by molar-refractivity contribution is -0.126. The average Bonchev–Trinajstić information content (AvgIpc) is 3.05. The predicted molar refractivity (Wildman–Crippen MR) is 125 cm³/mol. The zero-order valence-electron chi connectivity index (χ0n) is 18.3. The molecule has 1 aromatic carbocycles. The van der Waals surface area contributed by atoms with Gasteiger partial charge in [0.1, 0.15) is 5.02 Å². The Bertz CT molecular complexity index is 1220. The second-order valence-corrected chi connectivity index (χ2v) is 8.13. The molecule has 2 aromatic heterocycles. The Balaban J connectivity index is 1.43. The predicted octanol–water partition coefficient (Wildman–Crippen LogP) is 2.60. The van der Waals surface area contributed by atoms with Gasteiger partial charge in [-0.15, -0.1) is 0 Å². The molecule has 166 valence electrons. The molecule has 3 heterocycles. The number of hydrogen-bond acceptors (Lipinski definition) is 5. The van der Waals surface area contributed by atoms with Crippen molar-refractivity contribution in [1.82, 2.24) is 24.5 Å². The van der Waals surface area contributed by atoms with Gasteiger partial charge in [-0.1, -0.05) is 29.8 Å². The van der Waals surface area contributed by atoms with Crippen LogP contribution in [0.4, 0.5) is 5.69 Å². The van der Waals surface area contributed by atoms with Gasteiger partial charge < -0.3 is 9.80 Å². The van der Waals surface area contributed by atoms with Gasteiger partial charge in [-0.3, -0.25) is 14.3 Å². The smallest absolute Gasteiger partial charge is 0.292 e. The summed E-state index contributed by atoms with van der Waals surface area (Å²) in [6.07, 6.45) is 5.04. The molecule has 32 heavy (non-hydrogen) atoms. The van der Waals surface area contributed by atoms with Crippen LogP contribution in [0.25, 0.3) is 11.8 Å². The largest absolute Gasteiger partial charge is 0.365 e. The van der Waals surface area contributed by atoms with Gasteiger partial charge in [0.25, 0.3) is 5.56 Å². The van der Waals surface area contributed by atoms with E-state index in [0.717, 1.165) is 17.0 Å². The molecule has 1 aliphatic rings. The van der Waals surface area contributed by atoms with Crippen LogP contribution in [0.3, 0.4) is 0 Å². The summed E-state index contributed by atoms with van der Waals surface area (Å²) >= 11 is 6.42. The highest BCUT2D eigenvalue weighted by atomic mass is 35.5. The third-order valence-electron chi connectivity index (χ3n) is 5.79. The van der Waals surface area contributed by atoms with Crippen LogP contribution in [0.1, 0.15) is 17.0 Å². The van der Waals surface area contributed by atoms with Gasteiger partial charge in [0.2, 0.25) is 5.91 Å². The van der Waals surface area contributed by atoms with Crippen LogP contribution >= 0.6 is 11.6 Å². The number of aryl methyl sites for hydroxylation is 2. The van der Waals surface area contributed by atoms with Gasteiger partial charge in [0.15, 0.2) is 0 Å². The third-order valence-corrected chi connectivity index (χ3v) is 6.15. The quantitative estimate of drug-likeness (QED) is 0.569. The van der Waals surface area contributed by atoms with Crippen LogP contribution in [0, 0.1) is 13.8 Å². The molecule has 4 rings (SSSR count). The van der Waals surface area contributed by atoms with E-state index in [-0.39, 0.29) is 16.5 Å². The van der Waals surface area contributed by atoms with Crippen LogP contribution in [-0.2, 0) is 11.8 Å². The second-order valence-electron chi connectivity index (χ2n) is 7.75. The van der Waals surface area contributed by atoms with Crippen molar-refractivity contribution < 1.29 is 4.79 Å². The Hall–Kier alpha value is -3.39. The van der Waals surface area contributed by atoms with Crippen molar-refractivity contribution in [2.24, 2.45) is 7.05 Å². The Morgan fingerprint density at radius 2 is 1.78 bits per heavy atom. The van der Waals surface area contributed by atoms with Gasteiger partial charge in [0, 0.05) is 50.6 Å². The molecule has 0 atom stereocenters. The number of anilines is 1. The number of aromatic nitrogens is 4. The molecule has 1 fully saturated rings. The molecule has 0 radical (unpaired) electrons. The van der Waals surface area contributed by atoms with Crippen molar-refractivity contribution >= 4 is 29.3 Å². The Labute approximate surface area is 191 Å². The minimum Gasteiger partial charge on any atom is -0.365 e. The van der Waals surface area contributed by atoms with E-state index >= 15 is 0 Å². The first-order valence-electron chi connectivity index (χ1n) is 10.4. The summed E-state index contributed by atoms with van der Waals surface area (Å²) in [7, 11) is 1.89. The molecule has 1 aliphatic heterocycles. The summed E-state index contributed by atoms with van der Waals surface area (Å²) in [6, 6.07) is 9.16. The van der Waals surface area contributed by atoms with Gasteiger partial charge in [-0.25, -0.2) is 0 Å². The van der Waals surface area contributed by atoms with E-state index in [9.17, 15) is 9.59 Å². The fraction of sp³-hybridized carbons (Fsp3) is 0.304. The molecule has 0 saturated carbocycles. The number of piperazine rings is 1. The number of amides is 1. The van der Waals surface area contributed by atoms with Crippen LogP contribution in [0.15, 0.2) is 47.4 Å². The summed E-state index contributed by atoms with van der Waals surface area (Å²) in [5.74, 6) is -0.0454. The second kappa shape index (κ2) is 9.00. The highest BCUT2D eigenvalue weighted by molar-refractivity contribution is 6.33. The van der Waals surface area contributed by atoms with Crippen molar-refractivity contribution in [3.05, 3.63) is 74.9 Å².